The highest BCUT2D eigenvalue weighted by molar-refractivity contribution is 5.98. The van der Waals surface area contributed by atoms with Gasteiger partial charge in [-0.15, -0.1) is 0 Å². The van der Waals surface area contributed by atoms with Gasteiger partial charge in [0.15, 0.2) is 11.4 Å². The van der Waals surface area contributed by atoms with Crippen LogP contribution >= 0.6 is 0 Å². The molecule has 1 fully saturated rings. The molecule has 2 amide bonds. The summed E-state index contributed by atoms with van der Waals surface area (Å²) in [5.41, 5.74) is -0.363. The molecule has 170 valence electrons. The van der Waals surface area contributed by atoms with Crippen LogP contribution in [-0.2, 0) is 25.5 Å². The molecule has 4 atom stereocenters. The zero-order chi connectivity index (χ0) is 22.6. The van der Waals surface area contributed by atoms with E-state index in [0.29, 0.717) is 12.8 Å². The van der Waals surface area contributed by atoms with Crippen LogP contribution in [0.2, 0.25) is 0 Å². The first kappa shape index (κ1) is 23.2. The first-order chi connectivity index (χ1) is 14.8. The number of carbonyl (C=O) groups is 3. The molecule has 3 rings (SSSR count). The quantitative estimate of drug-likeness (QED) is 0.367. The van der Waals surface area contributed by atoms with Crippen molar-refractivity contribution in [3.05, 3.63) is 29.8 Å². The summed E-state index contributed by atoms with van der Waals surface area (Å²) in [4.78, 5) is 38.2. The van der Waals surface area contributed by atoms with Gasteiger partial charge in [0.1, 0.15) is 18.4 Å². The molecule has 1 aromatic rings. The van der Waals surface area contributed by atoms with Crippen LogP contribution in [0.4, 0.5) is 0 Å². The molecular weight excluding hydrogens is 404 g/mol. The molecule has 0 aromatic heterocycles. The molecule has 0 aliphatic carbocycles. The fourth-order valence-electron chi connectivity index (χ4n) is 3.67. The predicted molar refractivity (Wildman–Crippen MR) is 110 cm³/mol. The minimum Gasteiger partial charge on any atom is -0.492 e. The van der Waals surface area contributed by atoms with Gasteiger partial charge < -0.3 is 30.3 Å². The van der Waals surface area contributed by atoms with E-state index >= 15 is 0 Å². The first-order valence-electron chi connectivity index (χ1n) is 10.5. The third kappa shape index (κ3) is 5.41. The summed E-state index contributed by atoms with van der Waals surface area (Å²) in [5.74, 6) is -1.16. The van der Waals surface area contributed by atoms with Crippen molar-refractivity contribution < 1.29 is 34.1 Å². The smallest absolute Gasteiger partial charge is 0.245 e. The molecule has 1 saturated heterocycles. The summed E-state index contributed by atoms with van der Waals surface area (Å²) < 4.78 is 10.8. The van der Waals surface area contributed by atoms with Crippen molar-refractivity contribution in [2.45, 2.75) is 44.4 Å². The maximum atomic E-state index is 12.8. The van der Waals surface area contributed by atoms with Gasteiger partial charge in [-0.2, -0.15) is 0 Å². The third-order valence-electron chi connectivity index (χ3n) is 5.60. The van der Waals surface area contributed by atoms with Crippen LogP contribution in [0.25, 0.3) is 0 Å². The maximum absolute atomic E-state index is 12.8. The van der Waals surface area contributed by atoms with E-state index in [4.69, 9.17) is 9.47 Å². The Morgan fingerprint density at radius 3 is 2.48 bits per heavy atom. The van der Waals surface area contributed by atoms with E-state index in [-0.39, 0.29) is 19.1 Å². The number of amides is 2. The number of ketones is 1. The summed E-state index contributed by atoms with van der Waals surface area (Å²) in [6.07, 6.45) is 0.807. The highest BCUT2D eigenvalue weighted by atomic mass is 16.6. The normalized spacial score (nSPS) is 23.8. The largest absolute Gasteiger partial charge is 0.492 e. The molecule has 4 N–H and O–H groups in total. The van der Waals surface area contributed by atoms with Crippen molar-refractivity contribution in [2.75, 3.05) is 26.4 Å². The summed E-state index contributed by atoms with van der Waals surface area (Å²) in [6, 6.07) is 5.33. The minimum atomic E-state index is -1.27. The van der Waals surface area contributed by atoms with Crippen molar-refractivity contribution in [1.82, 2.24) is 10.6 Å². The average Bonchev–Trinajstić information content (AvgIpc) is 3.56. The van der Waals surface area contributed by atoms with E-state index in [2.05, 4.69) is 10.6 Å². The fourth-order valence-corrected chi connectivity index (χ4v) is 3.67. The van der Waals surface area contributed by atoms with Gasteiger partial charge in [0, 0.05) is 0 Å². The Balaban J connectivity index is 1.62. The summed E-state index contributed by atoms with van der Waals surface area (Å²) in [7, 11) is 0. The number of aliphatic hydroxyl groups excluding tert-OH is 2. The molecule has 31 heavy (non-hydrogen) atoms. The van der Waals surface area contributed by atoms with Crippen LogP contribution in [0, 0.1) is 11.8 Å². The molecule has 0 spiro atoms. The number of hydrogen-bond donors (Lipinski definition) is 4. The topological polar surface area (TPSA) is 137 Å². The van der Waals surface area contributed by atoms with Gasteiger partial charge in [-0.25, -0.2) is 0 Å². The second-order valence-corrected chi connectivity index (χ2v) is 8.56. The second-order valence-electron chi connectivity index (χ2n) is 8.56. The Hall–Kier alpha value is -2.49. The summed E-state index contributed by atoms with van der Waals surface area (Å²) in [6.45, 7) is 3.01. The molecule has 1 aromatic carbocycles. The number of benzene rings is 1. The summed E-state index contributed by atoms with van der Waals surface area (Å²) >= 11 is 0. The molecule has 9 heteroatoms. The molecular formula is C22H30N2O7. The number of ether oxygens (including phenoxy) is 2. The van der Waals surface area contributed by atoms with Crippen LogP contribution in [0.15, 0.2) is 24.3 Å². The Morgan fingerprint density at radius 2 is 1.87 bits per heavy atom. The Bertz CT molecular complexity index is 822. The lowest BCUT2D eigenvalue weighted by Crippen LogP contribution is -2.56. The van der Waals surface area contributed by atoms with Gasteiger partial charge in [-0.05, 0) is 30.4 Å². The van der Waals surface area contributed by atoms with Crippen LogP contribution < -0.4 is 15.4 Å². The average molecular weight is 434 g/mol. The Morgan fingerprint density at radius 1 is 1.16 bits per heavy atom. The number of epoxide rings is 1. The van der Waals surface area contributed by atoms with E-state index in [9.17, 15) is 24.6 Å². The highest BCUT2D eigenvalue weighted by Gasteiger charge is 2.54. The number of carbonyl (C=O) groups excluding carboxylic acids is 3. The molecule has 2 aliphatic heterocycles. The van der Waals surface area contributed by atoms with Crippen molar-refractivity contribution in [3.8, 4) is 5.75 Å². The lowest BCUT2D eigenvalue weighted by Gasteiger charge is -2.27. The first-order valence-corrected chi connectivity index (χ1v) is 10.5. The molecule has 2 aliphatic rings. The summed E-state index contributed by atoms with van der Waals surface area (Å²) in [5, 5.41) is 24.3. The SMILES string of the molecule is CC(C)C[C@H](NC(=O)[C@H](CO)NC(=O)C1COc2ccccc2C1)C(=O)[C@@]1(CO)CO1. The monoisotopic (exact) mass is 434 g/mol. The molecule has 2 heterocycles. The Labute approximate surface area is 181 Å². The van der Waals surface area contributed by atoms with E-state index < -0.39 is 54.4 Å². The standard InChI is InChI=1S/C22H30N2O7/c1-13(2)7-16(19(27)22(11-26)12-31-22)23-21(29)17(9-25)24-20(28)15-8-14-5-3-4-6-18(14)30-10-15/h3-6,13,15-17,25-26H,7-12H2,1-2H3,(H,23,29)(H,24,28)/t15?,16-,17-,22+/m0/s1. The van der Waals surface area contributed by atoms with E-state index in [1.807, 2.05) is 38.1 Å². The van der Waals surface area contributed by atoms with E-state index in [1.165, 1.54) is 0 Å². The van der Waals surface area contributed by atoms with Gasteiger partial charge in [-0.1, -0.05) is 32.0 Å². The van der Waals surface area contributed by atoms with E-state index in [1.54, 1.807) is 0 Å². The minimum absolute atomic E-state index is 0.0883. The zero-order valence-electron chi connectivity index (χ0n) is 17.8. The van der Waals surface area contributed by atoms with E-state index in [0.717, 1.165) is 11.3 Å². The van der Waals surface area contributed by atoms with Crippen molar-refractivity contribution in [1.29, 1.82) is 0 Å². The van der Waals surface area contributed by atoms with Gasteiger partial charge in [0.25, 0.3) is 0 Å². The maximum Gasteiger partial charge on any atom is 0.245 e. The van der Waals surface area contributed by atoms with Crippen molar-refractivity contribution in [2.24, 2.45) is 11.8 Å². The molecule has 9 nitrogen and oxygen atoms in total. The van der Waals surface area contributed by atoms with Crippen LogP contribution in [0.1, 0.15) is 25.8 Å². The number of aliphatic hydroxyl groups is 2. The number of nitrogens with one attached hydrogen (secondary N) is 2. The van der Waals surface area contributed by atoms with Crippen LogP contribution in [0.5, 0.6) is 5.75 Å². The lowest BCUT2D eigenvalue weighted by molar-refractivity contribution is -0.135. The van der Waals surface area contributed by atoms with Crippen molar-refractivity contribution >= 4 is 17.6 Å². The fraction of sp³-hybridized carbons (Fsp3) is 0.591. The highest BCUT2D eigenvalue weighted by Crippen LogP contribution is 2.30. The van der Waals surface area contributed by atoms with Gasteiger partial charge >= 0.3 is 0 Å². The number of para-hydroxylation sites is 1. The predicted octanol–water partition coefficient (Wildman–Crippen LogP) is -0.424. The number of hydrogen-bond acceptors (Lipinski definition) is 7. The second kappa shape index (κ2) is 9.76. The van der Waals surface area contributed by atoms with Crippen LogP contribution in [0.3, 0.4) is 0 Å². The molecule has 0 bridgehead atoms. The molecule has 0 saturated carbocycles. The van der Waals surface area contributed by atoms with Crippen molar-refractivity contribution in [3.63, 3.8) is 0 Å². The third-order valence-corrected chi connectivity index (χ3v) is 5.60. The Kier molecular flexibility index (Phi) is 7.30. The van der Waals surface area contributed by atoms with Gasteiger partial charge in [0.05, 0.1) is 31.8 Å². The van der Waals surface area contributed by atoms with Crippen LogP contribution in [-0.4, -0.2) is 71.9 Å². The van der Waals surface area contributed by atoms with Gasteiger partial charge in [0.2, 0.25) is 11.8 Å². The number of fused-ring (bicyclic) bond motifs is 1. The number of rotatable bonds is 10. The lowest BCUT2D eigenvalue weighted by atomic mass is 9.92. The zero-order valence-corrected chi connectivity index (χ0v) is 17.8. The molecule has 1 unspecified atom stereocenters. The number of Topliss-reactive ketones (excluding diaryl/α,β-unsaturated/α-hetero) is 1. The van der Waals surface area contributed by atoms with Gasteiger partial charge in [-0.3, -0.25) is 14.4 Å². The molecule has 0 radical (unpaired) electrons.